The lowest BCUT2D eigenvalue weighted by molar-refractivity contribution is 0.129. The van der Waals surface area contributed by atoms with E-state index in [1.54, 1.807) is 23.5 Å². The molecule has 0 aliphatic carbocycles. The molecule has 2 heterocycles. The van der Waals surface area contributed by atoms with Gasteiger partial charge in [0.25, 0.3) is 0 Å². The van der Waals surface area contributed by atoms with Crippen molar-refractivity contribution in [3.05, 3.63) is 0 Å². The Hall–Kier alpha value is 0.220. The van der Waals surface area contributed by atoms with Crippen LogP contribution in [0.4, 0.5) is 0 Å². The number of thioether (sulfide) groups is 2. The summed E-state index contributed by atoms with van der Waals surface area (Å²) < 4.78 is 10.8. The molecule has 78 valence electrons. The highest BCUT2D eigenvalue weighted by molar-refractivity contribution is 8.01. The molecular formula is C8H12N2OS3. The van der Waals surface area contributed by atoms with Crippen molar-refractivity contribution in [1.29, 1.82) is 0 Å². The Morgan fingerprint density at radius 1 is 1.64 bits per heavy atom. The van der Waals surface area contributed by atoms with E-state index in [0.29, 0.717) is 6.10 Å². The molecule has 1 saturated heterocycles. The average molecular weight is 248 g/mol. The van der Waals surface area contributed by atoms with Crippen LogP contribution in [0.5, 0.6) is 0 Å². The Morgan fingerprint density at radius 3 is 3.21 bits per heavy atom. The summed E-state index contributed by atoms with van der Waals surface area (Å²) in [7, 11) is 0. The molecule has 14 heavy (non-hydrogen) atoms. The van der Waals surface area contributed by atoms with E-state index in [-0.39, 0.29) is 0 Å². The highest BCUT2D eigenvalue weighted by atomic mass is 32.2. The Kier molecular flexibility index (Phi) is 4.10. The maximum atomic E-state index is 5.54. The van der Waals surface area contributed by atoms with Crippen LogP contribution >= 0.6 is 35.1 Å². The standard InChI is InChI=1S/C8H12N2OS3/c1-12-7-9-8(14-10-7)13-5-6-3-2-4-11-6/h6H,2-5H2,1H3. The van der Waals surface area contributed by atoms with Crippen LogP contribution in [0.25, 0.3) is 0 Å². The molecule has 1 aromatic rings. The molecule has 1 aliphatic rings. The second-order valence-electron chi connectivity index (χ2n) is 2.99. The summed E-state index contributed by atoms with van der Waals surface area (Å²) in [6, 6.07) is 0. The molecule has 0 N–H and O–H groups in total. The van der Waals surface area contributed by atoms with Crippen LogP contribution in [0.1, 0.15) is 12.8 Å². The van der Waals surface area contributed by atoms with E-state index < -0.39 is 0 Å². The van der Waals surface area contributed by atoms with Crippen molar-refractivity contribution >= 4 is 35.1 Å². The molecule has 1 atom stereocenters. The second-order valence-corrected chi connectivity index (χ2v) is 5.79. The van der Waals surface area contributed by atoms with Crippen LogP contribution in [0.15, 0.2) is 9.50 Å². The van der Waals surface area contributed by atoms with E-state index in [1.807, 2.05) is 6.26 Å². The summed E-state index contributed by atoms with van der Waals surface area (Å²) in [5, 5.41) is 0.879. The molecule has 2 rings (SSSR count). The van der Waals surface area contributed by atoms with Gasteiger partial charge in [0.05, 0.1) is 6.10 Å². The quantitative estimate of drug-likeness (QED) is 0.765. The van der Waals surface area contributed by atoms with Gasteiger partial charge in [-0.1, -0.05) is 23.5 Å². The van der Waals surface area contributed by atoms with Crippen molar-refractivity contribution in [3.63, 3.8) is 0 Å². The molecule has 1 fully saturated rings. The van der Waals surface area contributed by atoms with E-state index >= 15 is 0 Å². The molecule has 0 radical (unpaired) electrons. The number of nitrogens with zero attached hydrogens (tertiary/aromatic N) is 2. The Labute approximate surface area is 96.2 Å². The molecule has 1 aromatic heterocycles. The van der Waals surface area contributed by atoms with Gasteiger partial charge < -0.3 is 4.74 Å². The largest absolute Gasteiger partial charge is 0.377 e. The molecule has 0 saturated carbocycles. The van der Waals surface area contributed by atoms with Gasteiger partial charge in [-0.05, 0) is 30.6 Å². The summed E-state index contributed by atoms with van der Waals surface area (Å²) >= 11 is 4.83. The lowest BCUT2D eigenvalue weighted by Crippen LogP contribution is -2.07. The Balaban J connectivity index is 1.79. The topological polar surface area (TPSA) is 35.0 Å². The third-order valence-corrected chi connectivity index (χ3v) is 4.62. The molecule has 6 heteroatoms. The van der Waals surface area contributed by atoms with E-state index in [2.05, 4.69) is 9.36 Å². The molecule has 1 aliphatic heterocycles. The zero-order valence-corrected chi connectivity index (χ0v) is 10.4. The van der Waals surface area contributed by atoms with E-state index in [1.165, 1.54) is 24.4 Å². The minimum atomic E-state index is 0.432. The number of ether oxygens (including phenoxy) is 1. The van der Waals surface area contributed by atoms with Crippen molar-refractivity contribution < 1.29 is 4.74 Å². The van der Waals surface area contributed by atoms with Gasteiger partial charge >= 0.3 is 0 Å². The summed E-state index contributed by atoms with van der Waals surface area (Å²) in [6.45, 7) is 0.928. The van der Waals surface area contributed by atoms with Gasteiger partial charge in [0.15, 0.2) is 4.34 Å². The average Bonchev–Trinajstić information content (AvgIpc) is 2.86. The monoisotopic (exact) mass is 248 g/mol. The molecule has 3 nitrogen and oxygen atoms in total. The first kappa shape index (κ1) is 10.7. The first-order valence-corrected chi connectivity index (χ1v) is 7.49. The van der Waals surface area contributed by atoms with Gasteiger partial charge in [0, 0.05) is 12.4 Å². The maximum absolute atomic E-state index is 5.54. The highest BCUT2D eigenvalue weighted by Gasteiger charge is 2.16. The predicted octanol–water partition coefficient (Wildman–Crippen LogP) is 2.53. The summed E-state index contributed by atoms with van der Waals surface area (Å²) in [5.41, 5.74) is 0. The van der Waals surface area contributed by atoms with Crippen LogP contribution in [-0.2, 0) is 4.74 Å². The van der Waals surface area contributed by atoms with Gasteiger partial charge in [0.2, 0.25) is 5.16 Å². The summed E-state index contributed by atoms with van der Waals surface area (Å²) in [4.78, 5) is 4.37. The van der Waals surface area contributed by atoms with Crippen LogP contribution in [0.3, 0.4) is 0 Å². The van der Waals surface area contributed by atoms with Crippen molar-refractivity contribution in [2.24, 2.45) is 0 Å². The lowest BCUT2D eigenvalue weighted by Gasteiger charge is -2.05. The molecule has 0 aromatic carbocycles. The minimum absolute atomic E-state index is 0.432. The highest BCUT2D eigenvalue weighted by Crippen LogP contribution is 2.26. The van der Waals surface area contributed by atoms with Crippen molar-refractivity contribution in [1.82, 2.24) is 9.36 Å². The van der Waals surface area contributed by atoms with Gasteiger partial charge in [-0.25, -0.2) is 4.98 Å². The third-order valence-electron chi connectivity index (χ3n) is 1.99. The minimum Gasteiger partial charge on any atom is -0.377 e. The molecule has 0 bridgehead atoms. The van der Waals surface area contributed by atoms with Crippen LogP contribution in [0.2, 0.25) is 0 Å². The molecule has 0 spiro atoms. The fourth-order valence-electron chi connectivity index (χ4n) is 1.28. The normalized spacial score (nSPS) is 21.6. The number of aromatic nitrogens is 2. The van der Waals surface area contributed by atoms with Crippen molar-refractivity contribution in [3.8, 4) is 0 Å². The number of hydrogen-bond acceptors (Lipinski definition) is 6. The predicted molar refractivity (Wildman–Crippen MR) is 61.4 cm³/mol. The van der Waals surface area contributed by atoms with E-state index in [4.69, 9.17) is 4.74 Å². The van der Waals surface area contributed by atoms with E-state index in [0.717, 1.165) is 21.9 Å². The van der Waals surface area contributed by atoms with Gasteiger partial charge in [0.1, 0.15) is 0 Å². The fraction of sp³-hybridized carbons (Fsp3) is 0.750. The number of rotatable bonds is 4. The van der Waals surface area contributed by atoms with Crippen LogP contribution < -0.4 is 0 Å². The molecule has 1 unspecified atom stereocenters. The lowest BCUT2D eigenvalue weighted by atomic mass is 10.3. The third kappa shape index (κ3) is 2.85. The van der Waals surface area contributed by atoms with Gasteiger partial charge in [-0.15, -0.1) is 0 Å². The van der Waals surface area contributed by atoms with Crippen LogP contribution in [-0.4, -0.2) is 34.1 Å². The number of hydrogen-bond donors (Lipinski definition) is 0. The maximum Gasteiger partial charge on any atom is 0.200 e. The zero-order valence-electron chi connectivity index (χ0n) is 7.93. The van der Waals surface area contributed by atoms with Crippen molar-refractivity contribution in [2.45, 2.75) is 28.4 Å². The smallest absolute Gasteiger partial charge is 0.200 e. The first-order chi connectivity index (χ1) is 6.88. The zero-order chi connectivity index (χ0) is 9.80. The second kappa shape index (κ2) is 5.34. The Bertz CT molecular complexity index is 286. The summed E-state index contributed by atoms with van der Waals surface area (Å²) in [5.74, 6) is 1.02. The van der Waals surface area contributed by atoms with Gasteiger partial charge in [-0.3, -0.25) is 0 Å². The van der Waals surface area contributed by atoms with Gasteiger partial charge in [-0.2, -0.15) is 4.37 Å². The first-order valence-electron chi connectivity index (χ1n) is 4.50. The van der Waals surface area contributed by atoms with Crippen LogP contribution in [0, 0.1) is 0 Å². The Morgan fingerprint density at radius 2 is 2.57 bits per heavy atom. The van der Waals surface area contributed by atoms with E-state index in [9.17, 15) is 0 Å². The molecular weight excluding hydrogens is 236 g/mol. The van der Waals surface area contributed by atoms with Crippen molar-refractivity contribution in [2.75, 3.05) is 18.6 Å². The SMILES string of the molecule is CSc1nsc(SCC2CCCO2)n1. The fourth-order valence-corrected chi connectivity index (χ4v) is 3.58. The molecule has 0 amide bonds. The summed E-state index contributed by atoms with van der Waals surface area (Å²) in [6.07, 6.45) is 4.83.